The summed E-state index contributed by atoms with van der Waals surface area (Å²) in [6.45, 7) is 0. The van der Waals surface area contributed by atoms with E-state index >= 15 is 0 Å². The van der Waals surface area contributed by atoms with Crippen molar-refractivity contribution in [2.24, 2.45) is 0 Å². The molecule has 0 saturated carbocycles. The summed E-state index contributed by atoms with van der Waals surface area (Å²) >= 11 is 19.5. The number of halogens is 3. The van der Waals surface area contributed by atoms with E-state index in [0.29, 0.717) is 38.0 Å². The Kier molecular flexibility index (Phi) is 4.01. The fraction of sp³-hybridized carbons (Fsp3) is 0.231. The van der Waals surface area contributed by atoms with Gasteiger partial charge in [-0.1, -0.05) is 34.8 Å². The van der Waals surface area contributed by atoms with Gasteiger partial charge in [0.15, 0.2) is 5.13 Å². The fourth-order valence-electron chi connectivity index (χ4n) is 2.29. The highest BCUT2D eigenvalue weighted by molar-refractivity contribution is 7.15. The molecule has 110 valence electrons. The van der Waals surface area contributed by atoms with Crippen LogP contribution in [-0.4, -0.2) is 16.1 Å². The van der Waals surface area contributed by atoms with Gasteiger partial charge < -0.3 is 10.4 Å². The van der Waals surface area contributed by atoms with Crippen molar-refractivity contribution in [1.82, 2.24) is 4.98 Å². The number of carboxylic acid groups (broad SMARTS) is 1. The Morgan fingerprint density at radius 2 is 2.00 bits per heavy atom. The summed E-state index contributed by atoms with van der Waals surface area (Å²) < 4.78 is 0. The summed E-state index contributed by atoms with van der Waals surface area (Å²) in [5, 5.41) is 14.0. The molecule has 0 amide bonds. The lowest BCUT2D eigenvalue weighted by Gasteiger charge is -2.08. The van der Waals surface area contributed by atoms with Crippen LogP contribution in [0.4, 0.5) is 10.8 Å². The molecule has 2 aromatic rings. The minimum Gasteiger partial charge on any atom is -0.481 e. The van der Waals surface area contributed by atoms with E-state index in [0.717, 1.165) is 11.3 Å². The van der Waals surface area contributed by atoms with Crippen molar-refractivity contribution in [2.75, 3.05) is 5.32 Å². The van der Waals surface area contributed by atoms with Crippen LogP contribution >= 0.6 is 46.1 Å². The number of nitrogens with one attached hydrogen (secondary N) is 1. The van der Waals surface area contributed by atoms with Crippen LogP contribution in [0.5, 0.6) is 0 Å². The number of fused-ring (bicyclic) bond motifs is 1. The minimum absolute atomic E-state index is 0.387. The van der Waals surface area contributed by atoms with Crippen molar-refractivity contribution >= 4 is 62.9 Å². The number of nitrogens with zero attached hydrogens (tertiary/aromatic N) is 1. The van der Waals surface area contributed by atoms with Crippen molar-refractivity contribution < 1.29 is 9.90 Å². The van der Waals surface area contributed by atoms with Crippen molar-refractivity contribution in [3.05, 3.63) is 37.8 Å². The van der Waals surface area contributed by atoms with Crippen LogP contribution in [-0.2, 0) is 11.2 Å². The zero-order chi connectivity index (χ0) is 15.1. The molecule has 21 heavy (non-hydrogen) atoms. The van der Waals surface area contributed by atoms with E-state index in [4.69, 9.17) is 39.9 Å². The van der Waals surface area contributed by atoms with Gasteiger partial charge in [-0.05, 0) is 25.0 Å². The summed E-state index contributed by atoms with van der Waals surface area (Å²) in [5.41, 5.74) is 1.15. The van der Waals surface area contributed by atoms with Crippen LogP contribution in [0.15, 0.2) is 12.1 Å². The van der Waals surface area contributed by atoms with Gasteiger partial charge >= 0.3 is 5.97 Å². The molecule has 3 rings (SSSR count). The Morgan fingerprint density at radius 1 is 1.33 bits per heavy atom. The molecule has 2 N–H and O–H groups in total. The van der Waals surface area contributed by atoms with E-state index in [1.807, 2.05) is 0 Å². The molecular weight excluding hydrogens is 355 g/mol. The van der Waals surface area contributed by atoms with Crippen LogP contribution in [0.25, 0.3) is 0 Å². The molecule has 8 heteroatoms. The average Bonchev–Trinajstić information content (AvgIpc) is 2.92. The second kappa shape index (κ2) is 5.65. The van der Waals surface area contributed by atoms with Crippen molar-refractivity contribution in [3.8, 4) is 0 Å². The number of anilines is 2. The molecule has 1 aliphatic carbocycles. The molecule has 0 saturated heterocycles. The van der Waals surface area contributed by atoms with Crippen LogP contribution < -0.4 is 5.32 Å². The topological polar surface area (TPSA) is 62.2 Å². The van der Waals surface area contributed by atoms with Crippen LogP contribution in [0.2, 0.25) is 15.1 Å². The molecule has 1 heterocycles. The number of thiazole rings is 1. The molecule has 0 radical (unpaired) electrons. The van der Waals surface area contributed by atoms with Gasteiger partial charge in [-0.25, -0.2) is 4.98 Å². The van der Waals surface area contributed by atoms with E-state index in [9.17, 15) is 4.79 Å². The van der Waals surface area contributed by atoms with Crippen molar-refractivity contribution in [3.63, 3.8) is 0 Å². The van der Waals surface area contributed by atoms with Gasteiger partial charge in [-0.15, -0.1) is 11.3 Å². The number of aromatic nitrogens is 1. The SMILES string of the molecule is O=C(O)C1CCc2sc(Nc3c(Cl)cc(Cl)cc3Cl)nc21. The van der Waals surface area contributed by atoms with Gasteiger partial charge in [-0.2, -0.15) is 0 Å². The van der Waals surface area contributed by atoms with Gasteiger partial charge in [0.25, 0.3) is 0 Å². The number of rotatable bonds is 3. The molecule has 1 atom stereocenters. The molecule has 1 aromatic carbocycles. The van der Waals surface area contributed by atoms with Crippen molar-refractivity contribution in [2.45, 2.75) is 18.8 Å². The van der Waals surface area contributed by atoms with E-state index in [-0.39, 0.29) is 0 Å². The third kappa shape index (κ3) is 2.83. The highest BCUT2D eigenvalue weighted by atomic mass is 35.5. The quantitative estimate of drug-likeness (QED) is 0.809. The van der Waals surface area contributed by atoms with Gasteiger partial charge in [0.2, 0.25) is 0 Å². The predicted octanol–water partition coefficient (Wildman–Crippen LogP) is 4.96. The molecule has 0 aliphatic heterocycles. The number of carboxylic acids is 1. The van der Waals surface area contributed by atoms with Gasteiger partial charge in [0, 0.05) is 9.90 Å². The molecule has 0 fully saturated rings. The van der Waals surface area contributed by atoms with E-state index < -0.39 is 11.9 Å². The first kappa shape index (κ1) is 14.9. The number of hydrogen-bond donors (Lipinski definition) is 2. The van der Waals surface area contributed by atoms with Crippen LogP contribution in [0.1, 0.15) is 22.9 Å². The lowest BCUT2D eigenvalue weighted by atomic mass is 10.1. The summed E-state index contributed by atoms with van der Waals surface area (Å²) in [6, 6.07) is 3.16. The van der Waals surface area contributed by atoms with Crippen LogP contribution in [0.3, 0.4) is 0 Å². The third-order valence-corrected chi connectivity index (χ3v) is 5.12. The minimum atomic E-state index is -0.840. The van der Waals surface area contributed by atoms with E-state index in [1.54, 1.807) is 12.1 Å². The average molecular weight is 364 g/mol. The standard InChI is InChI=1S/C13H9Cl3N2O2S/c14-5-3-7(15)11(8(16)4-5)18-13-17-10-6(12(19)20)1-2-9(10)21-13/h3-4,6H,1-2H2,(H,17,18)(H,19,20). The molecule has 1 unspecified atom stereocenters. The highest BCUT2D eigenvalue weighted by Gasteiger charge is 2.32. The van der Waals surface area contributed by atoms with Gasteiger partial charge in [0.1, 0.15) is 5.92 Å². The molecular formula is C13H9Cl3N2O2S. The number of aryl methyl sites for hydroxylation is 1. The highest BCUT2D eigenvalue weighted by Crippen LogP contribution is 2.41. The lowest BCUT2D eigenvalue weighted by molar-refractivity contribution is -0.138. The number of hydrogen-bond acceptors (Lipinski definition) is 4. The smallest absolute Gasteiger partial charge is 0.312 e. The summed E-state index contributed by atoms with van der Waals surface area (Å²) in [6.07, 6.45) is 1.33. The molecule has 4 nitrogen and oxygen atoms in total. The molecule has 1 aliphatic rings. The fourth-order valence-corrected chi connectivity index (χ4v) is 4.24. The first-order valence-corrected chi connectivity index (χ1v) is 8.04. The zero-order valence-corrected chi connectivity index (χ0v) is 13.6. The second-order valence-corrected chi connectivity index (χ2v) is 6.96. The maximum Gasteiger partial charge on any atom is 0.312 e. The monoisotopic (exact) mass is 362 g/mol. The normalized spacial score (nSPS) is 16.8. The number of aliphatic carboxylic acids is 1. The first-order chi connectivity index (χ1) is 9.95. The molecule has 1 aromatic heterocycles. The Morgan fingerprint density at radius 3 is 2.62 bits per heavy atom. The second-order valence-electron chi connectivity index (χ2n) is 4.63. The van der Waals surface area contributed by atoms with Gasteiger partial charge in [-0.3, -0.25) is 4.79 Å². The molecule has 0 bridgehead atoms. The Bertz CT molecular complexity index is 709. The zero-order valence-electron chi connectivity index (χ0n) is 10.5. The Labute approximate surface area is 139 Å². The predicted molar refractivity (Wildman–Crippen MR) is 85.6 cm³/mol. The number of benzene rings is 1. The summed E-state index contributed by atoms with van der Waals surface area (Å²) in [4.78, 5) is 16.5. The Hall–Kier alpha value is -1.01. The maximum atomic E-state index is 11.2. The number of carbonyl (C=O) groups is 1. The summed E-state index contributed by atoms with van der Waals surface area (Å²) in [5.74, 6) is -1.36. The van der Waals surface area contributed by atoms with Crippen LogP contribution in [0, 0.1) is 0 Å². The third-order valence-electron chi connectivity index (χ3n) is 3.25. The van der Waals surface area contributed by atoms with Gasteiger partial charge in [0.05, 0.1) is 21.4 Å². The van der Waals surface area contributed by atoms with E-state index in [1.165, 1.54) is 11.3 Å². The lowest BCUT2D eigenvalue weighted by Crippen LogP contribution is -2.08. The molecule has 0 spiro atoms. The first-order valence-electron chi connectivity index (χ1n) is 6.09. The maximum absolute atomic E-state index is 11.2. The largest absolute Gasteiger partial charge is 0.481 e. The summed E-state index contributed by atoms with van der Waals surface area (Å²) in [7, 11) is 0. The Balaban J connectivity index is 1.91. The van der Waals surface area contributed by atoms with Crippen molar-refractivity contribution in [1.29, 1.82) is 0 Å². The van der Waals surface area contributed by atoms with E-state index in [2.05, 4.69) is 10.3 Å².